The van der Waals surface area contributed by atoms with Crippen LogP contribution in [0.1, 0.15) is 43.8 Å². The molecule has 1 atom stereocenters. The van der Waals surface area contributed by atoms with Crippen LogP contribution in [0.3, 0.4) is 0 Å². The van der Waals surface area contributed by atoms with E-state index in [1.54, 1.807) is 30.5 Å². The summed E-state index contributed by atoms with van der Waals surface area (Å²) in [6, 6.07) is 16.5. The summed E-state index contributed by atoms with van der Waals surface area (Å²) in [4.78, 5) is 31.0. The summed E-state index contributed by atoms with van der Waals surface area (Å²) in [5, 5.41) is 0. The van der Waals surface area contributed by atoms with Gasteiger partial charge in [0.1, 0.15) is 6.26 Å². The zero-order chi connectivity index (χ0) is 17.4. The molecule has 0 spiro atoms. The van der Waals surface area contributed by atoms with E-state index in [2.05, 4.69) is 4.98 Å². The molecule has 0 radical (unpaired) electrons. The lowest BCUT2D eigenvalue weighted by Gasteiger charge is -2.20. The third-order valence-corrected chi connectivity index (χ3v) is 4.38. The summed E-state index contributed by atoms with van der Waals surface area (Å²) in [5.41, 5.74) is 2.60. The minimum absolute atomic E-state index is 0.191. The Balaban J connectivity index is 1.71. The molecular weight excluding hydrogens is 316 g/mol. The topological polar surface area (TPSA) is 63.4 Å². The molecule has 5 heteroatoms. The van der Waals surface area contributed by atoms with Gasteiger partial charge in [0, 0.05) is 6.54 Å². The van der Waals surface area contributed by atoms with Crippen molar-refractivity contribution in [1.82, 2.24) is 9.88 Å². The molecular formula is C20H16N2O3. The number of fused-ring (bicyclic) bond motifs is 1. The molecule has 0 saturated heterocycles. The van der Waals surface area contributed by atoms with E-state index in [0.29, 0.717) is 17.0 Å². The highest BCUT2D eigenvalue weighted by atomic mass is 16.3. The van der Waals surface area contributed by atoms with Crippen molar-refractivity contribution >= 4 is 11.8 Å². The molecule has 1 aliphatic heterocycles. The molecule has 25 heavy (non-hydrogen) atoms. The molecule has 1 unspecified atom stereocenters. The zero-order valence-electron chi connectivity index (χ0n) is 13.7. The van der Waals surface area contributed by atoms with Crippen molar-refractivity contribution in [3.63, 3.8) is 0 Å². The fraction of sp³-hybridized carbons (Fsp3) is 0.150. The third kappa shape index (κ3) is 2.63. The number of benzene rings is 2. The molecule has 0 saturated carbocycles. The molecule has 0 bridgehead atoms. The van der Waals surface area contributed by atoms with Crippen molar-refractivity contribution in [3.8, 4) is 0 Å². The van der Waals surface area contributed by atoms with Gasteiger partial charge in [0.25, 0.3) is 11.8 Å². The Bertz CT molecular complexity index is 911. The summed E-state index contributed by atoms with van der Waals surface area (Å²) < 4.78 is 5.58. The van der Waals surface area contributed by atoms with Gasteiger partial charge in [0.05, 0.1) is 22.7 Å². The largest absolute Gasteiger partial charge is 0.448 e. The van der Waals surface area contributed by atoms with Crippen LogP contribution in [0.2, 0.25) is 0 Å². The first-order valence-corrected chi connectivity index (χ1v) is 8.07. The van der Waals surface area contributed by atoms with Crippen LogP contribution < -0.4 is 0 Å². The Morgan fingerprint density at radius 1 is 0.960 bits per heavy atom. The van der Waals surface area contributed by atoms with E-state index >= 15 is 0 Å². The van der Waals surface area contributed by atoms with E-state index in [-0.39, 0.29) is 24.3 Å². The summed E-state index contributed by atoms with van der Waals surface area (Å²) in [7, 11) is 0. The summed E-state index contributed by atoms with van der Waals surface area (Å²) >= 11 is 0. The average Bonchev–Trinajstić information content (AvgIpc) is 3.17. The van der Waals surface area contributed by atoms with Gasteiger partial charge in [-0.15, -0.1) is 0 Å². The number of hydrogen-bond donors (Lipinski definition) is 0. The molecule has 1 aromatic heterocycles. The fourth-order valence-electron chi connectivity index (χ4n) is 3.13. The van der Waals surface area contributed by atoms with E-state index in [1.807, 2.05) is 37.3 Å². The Kier molecular flexibility index (Phi) is 3.69. The Morgan fingerprint density at radius 3 is 2.12 bits per heavy atom. The number of aryl methyl sites for hydroxylation is 1. The van der Waals surface area contributed by atoms with E-state index in [0.717, 1.165) is 11.3 Å². The number of amides is 2. The van der Waals surface area contributed by atoms with Crippen LogP contribution in [-0.4, -0.2) is 28.2 Å². The first kappa shape index (κ1) is 15.3. The number of rotatable bonds is 4. The van der Waals surface area contributed by atoms with Crippen LogP contribution in [0.25, 0.3) is 0 Å². The minimum Gasteiger partial charge on any atom is -0.448 e. The van der Waals surface area contributed by atoms with Crippen molar-refractivity contribution < 1.29 is 14.0 Å². The van der Waals surface area contributed by atoms with Crippen molar-refractivity contribution in [1.29, 1.82) is 0 Å². The van der Waals surface area contributed by atoms with Crippen molar-refractivity contribution in [2.24, 2.45) is 0 Å². The lowest BCUT2D eigenvalue weighted by molar-refractivity contribution is 0.0646. The van der Waals surface area contributed by atoms with Crippen LogP contribution in [0.5, 0.6) is 0 Å². The maximum atomic E-state index is 12.7. The molecule has 0 aliphatic carbocycles. The SMILES string of the molecule is Cc1coc(C(CN2C(=O)c3ccccc3C2=O)c2ccccc2)n1. The van der Waals surface area contributed by atoms with E-state index in [1.165, 1.54) is 4.90 Å². The lowest BCUT2D eigenvalue weighted by atomic mass is 9.98. The summed E-state index contributed by atoms with van der Waals surface area (Å²) in [6.45, 7) is 2.04. The number of carbonyl (C=O) groups excluding carboxylic acids is 2. The third-order valence-electron chi connectivity index (χ3n) is 4.38. The summed E-state index contributed by atoms with van der Waals surface area (Å²) in [6.07, 6.45) is 1.58. The van der Waals surface area contributed by atoms with Crippen molar-refractivity contribution in [3.05, 3.63) is 89.1 Å². The summed E-state index contributed by atoms with van der Waals surface area (Å²) in [5.74, 6) is -0.355. The van der Waals surface area contributed by atoms with Crippen LogP contribution in [0.15, 0.2) is 65.3 Å². The maximum Gasteiger partial charge on any atom is 0.261 e. The molecule has 4 rings (SSSR count). The van der Waals surface area contributed by atoms with Gasteiger partial charge in [-0.05, 0) is 24.6 Å². The Hall–Kier alpha value is -3.21. The van der Waals surface area contributed by atoms with Gasteiger partial charge in [-0.25, -0.2) is 4.98 Å². The van der Waals surface area contributed by atoms with Crippen LogP contribution in [0, 0.1) is 6.92 Å². The minimum atomic E-state index is -0.308. The van der Waals surface area contributed by atoms with Gasteiger partial charge in [0.15, 0.2) is 0 Å². The first-order chi connectivity index (χ1) is 12.1. The van der Waals surface area contributed by atoms with E-state index < -0.39 is 0 Å². The molecule has 2 aromatic carbocycles. The second-order valence-electron chi connectivity index (χ2n) is 6.06. The fourth-order valence-corrected chi connectivity index (χ4v) is 3.13. The molecule has 124 valence electrons. The van der Waals surface area contributed by atoms with Gasteiger partial charge in [-0.1, -0.05) is 42.5 Å². The van der Waals surface area contributed by atoms with Gasteiger partial charge < -0.3 is 4.42 Å². The highest BCUT2D eigenvalue weighted by Gasteiger charge is 2.37. The van der Waals surface area contributed by atoms with Gasteiger partial charge in [-0.2, -0.15) is 0 Å². The van der Waals surface area contributed by atoms with Crippen LogP contribution in [0.4, 0.5) is 0 Å². The molecule has 3 aromatic rings. The van der Waals surface area contributed by atoms with Crippen molar-refractivity contribution in [2.45, 2.75) is 12.8 Å². The number of aromatic nitrogens is 1. The molecule has 2 amide bonds. The van der Waals surface area contributed by atoms with E-state index in [9.17, 15) is 9.59 Å². The number of carbonyl (C=O) groups is 2. The van der Waals surface area contributed by atoms with Crippen LogP contribution >= 0.6 is 0 Å². The molecule has 1 aliphatic rings. The highest BCUT2D eigenvalue weighted by Crippen LogP contribution is 2.29. The standard InChI is InChI=1S/C20H16N2O3/c1-13-12-25-18(21-13)17(14-7-3-2-4-8-14)11-22-19(23)15-9-5-6-10-16(15)20(22)24/h2-10,12,17H,11H2,1H3. The predicted molar refractivity (Wildman–Crippen MR) is 91.3 cm³/mol. The maximum absolute atomic E-state index is 12.7. The first-order valence-electron chi connectivity index (χ1n) is 8.07. The van der Waals surface area contributed by atoms with Crippen molar-refractivity contribution in [2.75, 3.05) is 6.54 Å². The highest BCUT2D eigenvalue weighted by molar-refractivity contribution is 6.21. The molecule has 5 nitrogen and oxygen atoms in total. The molecule has 2 heterocycles. The Morgan fingerprint density at radius 2 is 1.56 bits per heavy atom. The Labute approximate surface area is 144 Å². The molecule has 0 fully saturated rings. The zero-order valence-corrected chi connectivity index (χ0v) is 13.7. The van der Waals surface area contributed by atoms with E-state index in [4.69, 9.17) is 4.42 Å². The normalized spacial score (nSPS) is 14.7. The quantitative estimate of drug-likeness (QED) is 0.687. The second-order valence-corrected chi connectivity index (χ2v) is 6.06. The predicted octanol–water partition coefficient (Wildman–Crippen LogP) is 3.41. The van der Waals surface area contributed by atoms with Gasteiger partial charge in [-0.3, -0.25) is 14.5 Å². The molecule has 0 N–H and O–H groups in total. The monoisotopic (exact) mass is 332 g/mol. The van der Waals surface area contributed by atoms with Crippen LogP contribution in [-0.2, 0) is 0 Å². The van der Waals surface area contributed by atoms with Gasteiger partial charge in [0.2, 0.25) is 5.89 Å². The van der Waals surface area contributed by atoms with Gasteiger partial charge >= 0.3 is 0 Å². The number of hydrogen-bond acceptors (Lipinski definition) is 4. The number of nitrogens with zero attached hydrogens (tertiary/aromatic N) is 2. The average molecular weight is 332 g/mol. The second kappa shape index (κ2) is 6.02. The smallest absolute Gasteiger partial charge is 0.261 e. The number of oxazole rings is 1. The number of imide groups is 1. The lowest BCUT2D eigenvalue weighted by Crippen LogP contribution is -2.34.